The van der Waals surface area contributed by atoms with Gasteiger partial charge in [0.25, 0.3) is 0 Å². The number of carbonyl (C=O) groups is 2. The largest absolute Gasteiger partial charge is 0.350 e. The lowest BCUT2D eigenvalue weighted by Crippen LogP contribution is -2.40. The zero-order valence-electron chi connectivity index (χ0n) is 14.8. The quantitative estimate of drug-likeness (QED) is 0.851. The van der Waals surface area contributed by atoms with Gasteiger partial charge in [0, 0.05) is 18.5 Å². The first-order valence-corrected chi connectivity index (χ1v) is 8.68. The van der Waals surface area contributed by atoms with E-state index in [-0.39, 0.29) is 18.4 Å². The fourth-order valence-corrected chi connectivity index (χ4v) is 2.87. The van der Waals surface area contributed by atoms with Crippen molar-refractivity contribution in [3.8, 4) is 0 Å². The lowest BCUT2D eigenvalue weighted by molar-refractivity contribution is -0.123. The molecule has 0 radical (unpaired) electrons. The number of nitrogens with zero attached hydrogens (tertiary/aromatic N) is 1. The molecule has 0 saturated carbocycles. The number of anilines is 1. The zero-order valence-corrected chi connectivity index (χ0v) is 15.6. The Hall–Kier alpha value is -2.33. The molecule has 2 aromatic rings. The third-order valence-corrected chi connectivity index (χ3v) is 4.31. The number of carbonyl (C=O) groups excluding carboxylic acids is 2. The summed E-state index contributed by atoms with van der Waals surface area (Å²) < 4.78 is 0. The maximum atomic E-state index is 12.4. The van der Waals surface area contributed by atoms with E-state index in [4.69, 9.17) is 11.6 Å². The van der Waals surface area contributed by atoms with Crippen LogP contribution in [0, 0.1) is 6.92 Å². The van der Waals surface area contributed by atoms with Crippen LogP contribution in [0.15, 0.2) is 42.5 Å². The van der Waals surface area contributed by atoms with Crippen LogP contribution in [-0.4, -0.2) is 18.4 Å². The van der Waals surface area contributed by atoms with Gasteiger partial charge in [0.15, 0.2) is 0 Å². The number of rotatable bonds is 6. The lowest BCUT2D eigenvalue weighted by Gasteiger charge is -2.25. The predicted octanol–water partition coefficient (Wildman–Crippen LogP) is 3.88. The molecular formula is C20H23ClN2O2. The molecule has 0 spiro atoms. The van der Waals surface area contributed by atoms with Gasteiger partial charge in [-0.3, -0.25) is 9.59 Å². The molecule has 2 rings (SSSR count). The number of hydrogen-bond acceptors (Lipinski definition) is 2. The Morgan fingerprint density at radius 2 is 1.80 bits per heavy atom. The van der Waals surface area contributed by atoms with Gasteiger partial charge in [-0.05, 0) is 42.2 Å². The van der Waals surface area contributed by atoms with Crippen molar-refractivity contribution in [1.29, 1.82) is 0 Å². The summed E-state index contributed by atoms with van der Waals surface area (Å²) in [5.41, 5.74) is 3.83. The molecule has 0 aromatic heterocycles. The van der Waals surface area contributed by atoms with E-state index in [1.807, 2.05) is 44.2 Å². The van der Waals surface area contributed by atoms with E-state index < -0.39 is 0 Å². The van der Waals surface area contributed by atoms with Crippen molar-refractivity contribution >= 4 is 29.1 Å². The number of nitrogens with one attached hydrogen (secondary N) is 1. The van der Waals surface area contributed by atoms with Gasteiger partial charge < -0.3 is 10.2 Å². The Morgan fingerprint density at radius 1 is 1.12 bits per heavy atom. The van der Waals surface area contributed by atoms with E-state index in [1.54, 1.807) is 17.0 Å². The second-order valence-corrected chi connectivity index (χ2v) is 6.38. The summed E-state index contributed by atoms with van der Waals surface area (Å²) in [6, 6.07) is 13.2. The third kappa shape index (κ3) is 5.07. The van der Waals surface area contributed by atoms with Gasteiger partial charge in [-0.2, -0.15) is 0 Å². The van der Waals surface area contributed by atoms with Crippen LogP contribution in [0.5, 0.6) is 0 Å². The Bertz CT molecular complexity index is 757. The molecule has 4 nitrogen and oxygen atoms in total. The van der Waals surface area contributed by atoms with E-state index in [0.29, 0.717) is 11.6 Å². The van der Waals surface area contributed by atoms with Crippen LogP contribution in [0.25, 0.3) is 0 Å². The van der Waals surface area contributed by atoms with Crippen LogP contribution >= 0.6 is 11.6 Å². The maximum absolute atomic E-state index is 12.4. The van der Waals surface area contributed by atoms with Crippen molar-refractivity contribution in [2.24, 2.45) is 0 Å². The summed E-state index contributed by atoms with van der Waals surface area (Å²) in [4.78, 5) is 26.0. The summed E-state index contributed by atoms with van der Waals surface area (Å²) in [7, 11) is 0. The van der Waals surface area contributed by atoms with Crippen molar-refractivity contribution in [3.05, 3.63) is 64.2 Å². The van der Waals surface area contributed by atoms with E-state index >= 15 is 0 Å². The van der Waals surface area contributed by atoms with Crippen molar-refractivity contribution in [2.45, 2.75) is 33.7 Å². The first kappa shape index (κ1) is 19.0. The summed E-state index contributed by atoms with van der Waals surface area (Å²) in [5, 5.41) is 3.51. The van der Waals surface area contributed by atoms with Crippen LogP contribution in [0.1, 0.15) is 30.5 Å². The van der Waals surface area contributed by atoms with Crippen LogP contribution in [0.4, 0.5) is 5.69 Å². The molecule has 0 aliphatic heterocycles. The Kier molecular flexibility index (Phi) is 6.59. The van der Waals surface area contributed by atoms with E-state index in [9.17, 15) is 9.59 Å². The number of benzene rings is 2. The minimum atomic E-state index is -0.199. The average Bonchev–Trinajstić information content (AvgIpc) is 2.59. The fraction of sp³-hybridized carbons (Fsp3) is 0.300. The molecule has 2 aromatic carbocycles. The molecule has 25 heavy (non-hydrogen) atoms. The monoisotopic (exact) mass is 358 g/mol. The van der Waals surface area contributed by atoms with Gasteiger partial charge in [-0.15, -0.1) is 0 Å². The molecule has 1 N–H and O–H groups in total. The third-order valence-electron chi connectivity index (χ3n) is 4.06. The van der Waals surface area contributed by atoms with Crippen molar-refractivity contribution in [3.63, 3.8) is 0 Å². The number of para-hydroxylation sites is 1. The van der Waals surface area contributed by atoms with Crippen LogP contribution in [-0.2, 0) is 22.6 Å². The van der Waals surface area contributed by atoms with Crippen LogP contribution < -0.4 is 10.2 Å². The molecule has 0 aliphatic carbocycles. The summed E-state index contributed by atoms with van der Waals surface area (Å²) in [6.07, 6.45) is 0.799. The first-order chi connectivity index (χ1) is 11.9. The van der Waals surface area contributed by atoms with Crippen molar-refractivity contribution in [1.82, 2.24) is 5.32 Å². The summed E-state index contributed by atoms with van der Waals surface area (Å²) in [5.74, 6) is -0.346. The number of amides is 2. The Morgan fingerprint density at radius 3 is 2.40 bits per heavy atom. The summed E-state index contributed by atoms with van der Waals surface area (Å²) in [6.45, 7) is 5.88. The van der Waals surface area contributed by atoms with Crippen molar-refractivity contribution in [2.75, 3.05) is 11.4 Å². The smallest absolute Gasteiger partial charge is 0.240 e. The highest BCUT2D eigenvalue weighted by atomic mass is 35.5. The maximum Gasteiger partial charge on any atom is 0.240 e. The lowest BCUT2D eigenvalue weighted by atomic mass is 10.0. The average molecular weight is 359 g/mol. The minimum Gasteiger partial charge on any atom is -0.350 e. The molecule has 0 unspecified atom stereocenters. The fourth-order valence-electron chi connectivity index (χ4n) is 2.74. The number of hydrogen-bond donors (Lipinski definition) is 1. The zero-order chi connectivity index (χ0) is 18.4. The second-order valence-electron chi connectivity index (χ2n) is 5.94. The molecule has 5 heteroatoms. The molecular weight excluding hydrogens is 336 g/mol. The van der Waals surface area contributed by atoms with Crippen LogP contribution in [0.3, 0.4) is 0 Å². The molecule has 0 fully saturated rings. The molecule has 0 bridgehead atoms. The summed E-state index contributed by atoms with van der Waals surface area (Å²) >= 11 is 5.86. The second kappa shape index (κ2) is 8.67. The highest BCUT2D eigenvalue weighted by Crippen LogP contribution is 2.25. The number of aryl methyl sites for hydroxylation is 2. The normalized spacial score (nSPS) is 10.4. The topological polar surface area (TPSA) is 49.4 Å². The predicted molar refractivity (Wildman–Crippen MR) is 102 cm³/mol. The SMILES string of the molecule is CCc1cccc(C)c1N(CC(=O)NCc1ccc(Cl)cc1)C(C)=O. The molecule has 0 saturated heterocycles. The van der Waals surface area contributed by atoms with Crippen molar-refractivity contribution < 1.29 is 9.59 Å². The molecule has 0 heterocycles. The molecule has 132 valence electrons. The van der Waals surface area contributed by atoms with Gasteiger partial charge in [0.1, 0.15) is 6.54 Å². The Labute approximate surface area is 153 Å². The molecule has 0 atom stereocenters. The van der Waals surface area contributed by atoms with Gasteiger partial charge in [-0.1, -0.05) is 48.9 Å². The number of halogens is 1. The Balaban J connectivity index is 2.10. The van der Waals surface area contributed by atoms with Gasteiger partial charge in [0.05, 0.1) is 5.69 Å². The minimum absolute atomic E-state index is 0.000770. The first-order valence-electron chi connectivity index (χ1n) is 8.30. The van der Waals surface area contributed by atoms with Gasteiger partial charge >= 0.3 is 0 Å². The van der Waals surface area contributed by atoms with E-state index in [0.717, 1.165) is 28.8 Å². The highest BCUT2D eigenvalue weighted by Gasteiger charge is 2.19. The molecule has 2 amide bonds. The van der Waals surface area contributed by atoms with Gasteiger partial charge in [0.2, 0.25) is 11.8 Å². The van der Waals surface area contributed by atoms with E-state index in [1.165, 1.54) is 6.92 Å². The highest BCUT2D eigenvalue weighted by molar-refractivity contribution is 6.30. The van der Waals surface area contributed by atoms with Gasteiger partial charge in [-0.25, -0.2) is 0 Å². The standard InChI is InChI=1S/C20H23ClN2O2/c1-4-17-7-5-6-14(2)20(17)23(15(3)24)13-19(25)22-12-16-8-10-18(21)11-9-16/h5-11H,4,12-13H2,1-3H3,(H,22,25). The molecule has 0 aliphatic rings. The van der Waals surface area contributed by atoms with Crippen LogP contribution in [0.2, 0.25) is 5.02 Å². The van der Waals surface area contributed by atoms with E-state index in [2.05, 4.69) is 5.32 Å².